The molecule has 0 saturated carbocycles. The lowest BCUT2D eigenvalue weighted by atomic mass is 9.77. The molecule has 1 N–H and O–H groups in total. The summed E-state index contributed by atoms with van der Waals surface area (Å²) >= 11 is 19.5. The van der Waals surface area contributed by atoms with E-state index in [1.165, 1.54) is 6.92 Å². The third-order valence-corrected chi connectivity index (χ3v) is 6.10. The number of nitrogens with zero attached hydrogens (tertiary/aromatic N) is 1. The molecule has 0 aromatic heterocycles. The maximum absolute atomic E-state index is 12.7. The number of amides is 1. The highest BCUT2D eigenvalue weighted by molar-refractivity contribution is 6.49. The number of nitrogens with one attached hydrogen (secondary N) is 1. The molecule has 3 saturated heterocycles. The van der Waals surface area contributed by atoms with Gasteiger partial charge in [0, 0.05) is 20.0 Å². The Bertz CT molecular complexity index is 423. The van der Waals surface area contributed by atoms with Gasteiger partial charge in [-0.1, -0.05) is 30.1 Å². The number of ketones is 1. The van der Waals surface area contributed by atoms with Crippen molar-refractivity contribution in [2.75, 3.05) is 13.1 Å². The Balaban J connectivity index is 2.45. The van der Waals surface area contributed by atoms with E-state index in [4.69, 9.17) is 34.8 Å². The number of fused-ring (bicyclic) bond motifs is 3. The first kappa shape index (κ1) is 15.4. The zero-order valence-electron chi connectivity index (χ0n) is 10.9. The van der Waals surface area contributed by atoms with Crippen molar-refractivity contribution in [3.8, 4) is 0 Å². The average molecular weight is 328 g/mol. The maximum atomic E-state index is 12.7. The standard InChI is InChI=1S/C12H17Cl3N2O2/c1-3-11(14,16-8(2)18)12(15)9(19)10(13)4-6-17(12)7-5-10/h3-7H2,1-2H3,(H,16,18). The largest absolute Gasteiger partial charge is 0.335 e. The quantitative estimate of drug-likeness (QED) is 0.637. The number of piperidine rings is 3. The van der Waals surface area contributed by atoms with Gasteiger partial charge in [-0.2, -0.15) is 0 Å². The van der Waals surface area contributed by atoms with Crippen LogP contribution in [0.1, 0.15) is 33.1 Å². The molecule has 0 aromatic rings. The van der Waals surface area contributed by atoms with Crippen LogP contribution in [-0.2, 0) is 9.59 Å². The first-order valence-corrected chi connectivity index (χ1v) is 7.48. The summed E-state index contributed by atoms with van der Waals surface area (Å²) in [5, 5.41) is 2.62. The fourth-order valence-electron chi connectivity index (χ4n) is 2.95. The van der Waals surface area contributed by atoms with Crippen LogP contribution in [0.2, 0.25) is 0 Å². The molecule has 3 heterocycles. The Kier molecular flexibility index (Phi) is 3.85. The van der Waals surface area contributed by atoms with Crippen molar-refractivity contribution >= 4 is 46.5 Å². The van der Waals surface area contributed by atoms with Crippen LogP contribution < -0.4 is 5.32 Å². The fraction of sp³-hybridized carbons (Fsp3) is 0.833. The predicted octanol–water partition coefficient (Wildman–Crippen LogP) is 2.06. The zero-order chi connectivity index (χ0) is 14.5. The Morgan fingerprint density at radius 1 is 1.42 bits per heavy atom. The molecule has 2 bridgehead atoms. The van der Waals surface area contributed by atoms with E-state index < -0.39 is 14.9 Å². The number of hydrogen-bond donors (Lipinski definition) is 1. The van der Waals surface area contributed by atoms with Gasteiger partial charge in [0.1, 0.15) is 4.87 Å². The zero-order valence-corrected chi connectivity index (χ0v) is 13.2. The van der Waals surface area contributed by atoms with Gasteiger partial charge < -0.3 is 5.32 Å². The molecule has 0 spiro atoms. The molecule has 3 rings (SSSR count). The predicted molar refractivity (Wildman–Crippen MR) is 75.7 cm³/mol. The third kappa shape index (κ3) is 2.08. The van der Waals surface area contributed by atoms with Crippen molar-refractivity contribution in [2.45, 2.75) is 48.0 Å². The summed E-state index contributed by atoms with van der Waals surface area (Å²) < 4.78 is 0. The molecule has 1 amide bonds. The number of carbonyl (C=O) groups is 2. The van der Waals surface area contributed by atoms with Gasteiger partial charge in [0.15, 0.2) is 15.8 Å². The summed E-state index contributed by atoms with van der Waals surface area (Å²) in [5.41, 5.74) is 0. The Morgan fingerprint density at radius 2 is 1.95 bits per heavy atom. The number of Topliss-reactive ketones (excluding diaryl/α,β-unsaturated/α-hetero) is 1. The van der Waals surface area contributed by atoms with E-state index in [1.54, 1.807) is 6.92 Å². The Hall–Kier alpha value is -0.0300. The molecule has 0 radical (unpaired) electrons. The molecule has 3 aliphatic rings. The van der Waals surface area contributed by atoms with Crippen LogP contribution in [0.3, 0.4) is 0 Å². The van der Waals surface area contributed by atoms with Gasteiger partial charge >= 0.3 is 0 Å². The van der Waals surface area contributed by atoms with Crippen molar-refractivity contribution in [3.63, 3.8) is 0 Å². The van der Waals surface area contributed by atoms with Gasteiger partial charge in [-0.25, -0.2) is 0 Å². The molecular weight excluding hydrogens is 311 g/mol. The molecule has 108 valence electrons. The molecule has 7 heteroatoms. The van der Waals surface area contributed by atoms with E-state index in [0.29, 0.717) is 32.4 Å². The normalized spacial score (nSPS) is 40.9. The van der Waals surface area contributed by atoms with Crippen LogP contribution in [-0.4, -0.2) is 44.6 Å². The minimum atomic E-state index is -1.48. The maximum Gasteiger partial charge on any atom is 0.218 e. The van der Waals surface area contributed by atoms with E-state index >= 15 is 0 Å². The number of alkyl halides is 3. The van der Waals surface area contributed by atoms with Crippen LogP contribution in [0.15, 0.2) is 0 Å². The van der Waals surface area contributed by atoms with Gasteiger partial charge in [0.2, 0.25) is 5.91 Å². The minimum absolute atomic E-state index is 0.300. The van der Waals surface area contributed by atoms with Gasteiger partial charge in [-0.05, 0) is 19.3 Å². The SMILES string of the molecule is CCC(Cl)(NC(C)=O)C1(Cl)C(=O)C2(Cl)CCN1CC2. The van der Waals surface area contributed by atoms with Gasteiger partial charge in [-0.3, -0.25) is 14.5 Å². The van der Waals surface area contributed by atoms with E-state index in [-0.39, 0.29) is 11.7 Å². The third-order valence-electron chi connectivity index (χ3n) is 4.09. The van der Waals surface area contributed by atoms with Crippen molar-refractivity contribution in [3.05, 3.63) is 0 Å². The number of hydrogen-bond acceptors (Lipinski definition) is 3. The van der Waals surface area contributed by atoms with Gasteiger partial charge in [0.05, 0.1) is 0 Å². The molecule has 2 unspecified atom stereocenters. The van der Waals surface area contributed by atoms with Crippen molar-refractivity contribution in [1.82, 2.24) is 10.2 Å². The lowest BCUT2D eigenvalue weighted by Gasteiger charge is -2.57. The van der Waals surface area contributed by atoms with Gasteiger partial charge in [-0.15, -0.1) is 11.6 Å². The molecule has 2 atom stereocenters. The second-order valence-corrected chi connectivity index (χ2v) is 7.16. The molecule has 3 aliphatic heterocycles. The van der Waals surface area contributed by atoms with Crippen molar-refractivity contribution < 1.29 is 9.59 Å². The highest BCUT2D eigenvalue weighted by Gasteiger charge is 2.67. The van der Waals surface area contributed by atoms with Crippen LogP contribution in [0.4, 0.5) is 0 Å². The van der Waals surface area contributed by atoms with Crippen LogP contribution >= 0.6 is 34.8 Å². The van der Waals surface area contributed by atoms with E-state index in [0.717, 1.165) is 0 Å². The lowest BCUT2D eigenvalue weighted by molar-refractivity contribution is -0.142. The van der Waals surface area contributed by atoms with Crippen LogP contribution in [0.25, 0.3) is 0 Å². The summed E-state index contributed by atoms with van der Waals surface area (Å²) in [7, 11) is 0. The Labute approximate surface area is 127 Å². The molecule has 0 aromatic carbocycles. The molecule has 4 nitrogen and oxygen atoms in total. The summed E-state index contributed by atoms with van der Waals surface area (Å²) in [6.07, 6.45) is 1.46. The average Bonchev–Trinajstić information content (AvgIpc) is 2.35. The van der Waals surface area contributed by atoms with Crippen molar-refractivity contribution in [1.29, 1.82) is 0 Å². The smallest absolute Gasteiger partial charge is 0.218 e. The number of carbonyl (C=O) groups excluding carboxylic acids is 2. The topological polar surface area (TPSA) is 49.4 Å². The lowest BCUT2D eigenvalue weighted by Crippen LogP contribution is -2.77. The first-order valence-electron chi connectivity index (χ1n) is 6.35. The summed E-state index contributed by atoms with van der Waals surface area (Å²) in [5.74, 6) is -0.623. The van der Waals surface area contributed by atoms with E-state index in [2.05, 4.69) is 5.32 Å². The Morgan fingerprint density at radius 3 is 2.37 bits per heavy atom. The monoisotopic (exact) mass is 326 g/mol. The fourth-order valence-corrected chi connectivity index (χ4v) is 4.18. The second-order valence-electron chi connectivity index (χ2n) is 5.24. The number of halogens is 3. The molecular formula is C12H17Cl3N2O2. The van der Waals surface area contributed by atoms with Crippen LogP contribution in [0, 0.1) is 0 Å². The summed E-state index contributed by atoms with van der Waals surface area (Å²) in [6.45, 7) is 4.34. The van der Waals surface area contributed by atoms with Crippen LogP contribution in [0.5, 0.6) is 0 Å². The first-order chi connectivity index (χ1) is 8.69. The summed E-state index contributed by atoms with van der Waals surface area (Å²) in [4.78, 5) is 22.1. The molecule has 0 aliphatic carbocycles. The van der Waals surface area contributed by atoms with E-state index in [1.807, 2.05) is 4.90 Å². The highest BCUT2D eigenvalue weighted by atomic mass is 35.5. The molecule has 19 heavy (non-hydrogen) atoms. The molecule has 3 fully saturated rings. The number of rotatable bonds is 3. The van der Waals surface area contributed by atoms with Gasteiger partial charge in [0.25, 0.3) is 0 Å². The van der Waals surface area contributed by atoms with Crippen molar-refractivity contribution in [2.24, 2.45) is 0 Å². The minimum Gasteiger partial charge on any atom is -0.335 e. The summed E-state index contributed by atoms with van der Waals surface area (Å²) in [6, 6.07) is 0. The highest BCUT2D eigenvalue weighted by Crippen LogP contribution is 2.51. The second kappa shape index (κ2) is 4.76. The van der Waals surface area contributed by atoms with E-state index in [9.17, 15) is 9.59 Å².